The second-order valence-corrected chi connectivity index (χ2v) is 6.93. The Labute approximate surface area is 157 Å². The number of amides is 2. The molecule has 1 aliphatic rings. The van der Waals surface area contributed by atoms with Crippen molar-refractivity contribution in [2.75, 3.05) is 18.4 Å². The zero-order valence-corrected chi connectivity index (χ0v) is 15.3. The van der Waals surface area contributed by atoms with E-state index in [1.807, 2.05) is 4.90 Å². The normalized spacial score (nSPS) is 14.8. The van der Waals surface area contributed by atoms with Crippen molar-refractivity contribution in [3.05, 3.63) is 53.0 Å². The Morgan fingerprint density at radius 3 is 2.37 bits per heavy atom. The minimum atomic E-state index is -1.24. The monoisotopic (exact) mass is 370 g/mol. The van der Waals surface area contributed by atoms with Gasteiger partial charge in [0.15, 0.2) is 5.76 Å². The molecule has 0 radical (unpaired) electrons. The third-order valence-corrected chi connectivity index (χ3v) is 4.83. The van der Waals surface area contributed by atoms with Gasteiger partial charge in [-0.3, -0.25) is 9.59 Å². The van der Waals surface area contributed by atoms with E-state index < -0.39 is 11.9 Å². The summed E-state index contributed by atoms with van der Waals surface area (Å²) in [6.07, 6.45) is 2.03. The van der Waals surface area contributed by atoms with Gasteiger partial charge in [0.2, 0.25) is 5.76 Å². The lowest BCUT2D eigenvalue weighted by Gasteiger charge is -2.30. The van der Waals surface area contributed by atoms with Crippen molar-refractivity contribution in [1.29, 1.82) is 0 Å². The number of carboxylic acid groups (broad SMARTS) is 1. The largest absolute Gasteiger partial charge is 0.475 e. The van der Waals surface area contributed by atoms with Crippen LogP contribution in [0.15, 0.2) is 34.7 Å². The van der Waals surface area contributed by atoms with Gasteiger partial charge < -0.3 is 19.7 Å². The number of carbonyl (C=O) groups excluding carboxylic acids is 2. The molecule has 0 atom stereocenters. The molecular weight excluding hydrogens is 348 g/mol. The number of anilines is 1. The number of hydrogen-bond acceptors (Lipinski definition) is 4. The Hall–Kier alpha value is -3.09. The number of aromatic carboxylic acids is 1. The van der Waals surface area contributed by atoms with Crippen molar-refractivity contribution < 1.29 is 23.9 Å². The topological polar surface area (TPSA) is 99.9 Å². The summed E-state index contributed by atoms with van der Waals surface area (Å²) in [6, 6.07) is 7.65. The highest BCUT2D eigenvalue weighted by molar-refractivity contribution is 6.04. The summed E-state index contributed by atoms with van der Waals surface area (Å²) in [5.41, 5.74) is 1.87. The summed E-state index contributed by atoms with van der Waals surface area (Å²) in [7, 11) is 0. The Bertz CT molecular complexity index is 878. The maximum absolute atomic E-state index is 12.6. The van der Waals surface area contributed by atoms with Crippen LogP contribution in [0.3, 0.4) is 0 Å². The van der Waals surface area contributed by atoms with Crippen LogP contribution < -0.4 is 5.32 Å². The van der Waals surface area contributed by atoms with E-state index in [-0.39, 0.29) is 17.4 Å². The molecule has 1 saturated heterocycles. The van der Waals surface area contributed by atoms with E-state index in [1.165, 1.54) is 12.1 Å². The van der Waals surface area contributed by atoms with Gasteiger partial charge in [-0.1, -0.05) is 6.92 Å². The first kappa shape index (κ1) is 18.7. The predicted molar refractivity (Wildman–Crippen MR) is 99.1 cm³/mol. The second kappa shape index (κ2) is 7.65. The van der Waals surface area contributed by atoms with Crippen LogP contribution in [-0.2, 0) is 0 Å². The molecule has 0 bridgehead atoms. The summed E-state index contributed by atoms with van der Waals surface area (Å²) in [4.78, 5) is 37.6. The summed E-state index contributed by atoms with van der Waals surface area (Å²) in [5.74, 6) is -1.52. The van der Waals surface area contributed by atoms with Gasteiger partial charge in [-0.05, 0) is 61.6 Å². The first-order valence-corrected chi connectivity index (χ1v) is 8.89. The molecule has 142 valence electrons. The average Bonchev–Trinajstić information content (AvgIpc) is 3.14. The minimum absolute atomic E-state index is 0.0000103. The molecule has 2 aromatic rings. The van der Waals surface area contributed by atoms with E-state index >= 15 is 0 Å². The fourth-order valence-corrected chi connectivity index (χ4v) is 3.09. The van der Waals surface area contributed by atoms with Crippen LogP contribution in [0.25, 0.3) is 0 Å². The molecule has 7 heteroatoms. The molecule has 0 spiro atoms. The van der Waals surface area contributed by atoms with Gasteiger partial charge in [0.1, 0.15) is 0 Å². The maximum Gasteiger partial charge on any atom is 0.371 e. The van der Waals surface area contributed by atoms with E-state index in [0.717, 1.165) is 31.5 Å². The number of benzene rings is 1. The summed E-state index contributed by atoms with van der Waals surface area (Å²) in [6.45, 7) is 5.53. The number of aryl methyl sites for hydroxylation is 1. The maximum atomic E-state index is 12.6. The van der Waals surface area contributed by atoms with Crippen LogP contribution in [0.5, 0.6) is 0 Å². The lowest BCUT2D eigenvalue weighted by molar-refractivity contribution is 0.0658. The van der Waals surface area contributed by atoms with Gasteiger partial charge in [0.25, 0.3) is 11.8 Å². The first-order valence-electron chi connectivity index (χ1n) is 8.89. The van der Waals surface area contributed by atoms with Crippen molar-refractivity contribution in [3.63, 3.8) is 0 Å². The van der Waals surface area contributed by atoms with Crippen LogP contribution >= 0.6 is 0 Å². The van der Waals surface area contributed by atoms with E-state index in [9.17, 15) is 14.4 Å². The van der Waals surface area contributed by atoms with Crippen LogP contribution in [0, 0.1) is 12.8 Å². The van der Waals surface area contributed by atoms with Crippen LogP contribution in [-0.4, -0.2) is 40.9 Å². The molecule has 1 fully saturated rings. The molecule has 0 saturated carbocycles. The highest BCUT2D eigenvalue weighted by atomic mass is 16.4. The molecule has 0 unspecified atom stereocenters. The highest BCUT2D eigenvalue weighted by Crippen LogP contribution is 2.22. The quantitative estimate of drug-likeness (QED) is 0.859. The van der Waals surface area contributed by atoms with Gasteiger partial charge in [-0.25, -0.2) is 4.79 Å². The number of furan rings is 1. The number of nitrogens with zero attached hydrogens (tertiary/aromatic N) is 1. The number of carboxylic acids is 1. The number of likely N-dealkylation sites (tertiary alicyclic amines) is 1. The van der Waals surface area contributed by atoms with Crippen LogP contribution in [0.1, 0.15) is 56.8 Å². The SMILES string of the molecule is Cc1cc(C(=O)N2CCC(C)CC2)ccc1NC(=O)c1ccc(C(=O)O)o1. The van der Waals surface area contributed by atoms with Crippen molar-refractivity contribution in [1.82, 2.24) is 4.90 Å². The average molecular weight is 370 g/mol. The highest BCUT2D eigenvalue weighted by Gasteiger charge is 2.22. The number of nitrogens with one attached hydrogen (secondary N) is 1. The van der Waals surface area contributed by atoms with E-state index in [1.54, 1.807) is 25.1 Å². The van der Waals surface area contributed by atoms with Gasteiger partial charge in [-0.15, -0.1) is 0 Å². The Kier molecular flexibility index (Phi) is 5.30. The Balaban J connectivity index is 1.69. The van der Waals surface area contributed by atoms with Gasteiger partial charge >= 0.3 is 5.97 Å². The Morgan fingerprint density at radius 1 is 1.11 bits per heavy atom. The fraction of sp³-hybridized carbons (Fsp3) is 0.350. The third kappa shape index (κ3) is 4.19. The predicted octanol–water partition coefficient (Wildman–Crippen LogP) is 3.41. The summed E-state index contributed by atoms with van der Waals surface area (Å²) >= 11 is 0. The molecule has 1 aliphatic heterocycles. The van der Waals surface area contributed by atoms with E-state index in [2.05, 4.69) is 12.2 Å². The number of piperidine rings is 1. The molecule has 1 aromatic heterocycles. The van der Waals surface area contributed by atoms with Crippen molar-refractivity contribution in [2.45, 2.75) is 26.7 Å². The number of rotatable bonds is 4. The molecule has 0 aliphatic carbocycles. The zero-order valence-electron chi connectivity index (χ0n) is 15.3. The van der Waals surface area contributed by atoms with Gasteiger partial charge in [0.05, 0.1) is 0 Å². The molecule has 27 heavy (non-hydrogen) atoms. The Morgan fingerprint density at radius 2 is 1.78 bits per heavy atom. The lowest BCUT2D eigenvalue weighted by Crippen LogP contribution is -2.37. The lowest BCUT2D eigenvalue weighted by atomic mass is 9.98. The number of carbonyl (C=O) groups is 3. The molecular formula is C20H22N2O5. The van der Waals surface area contributed by atoms with Gasteiger partial charge in [-0.2, -0.15) is 0 Å². The molecule has 3 rings (SSSR count). The summed E-state index contributed by atoms with van der Waals surface area (Å²) in [5, 5.41) is 11.5. The third-order valence-electron chi connectivity index (χ3n) is 4.83. The minimum Gasteiger partial charge on any atom is -0.475 e. The number of hydrogen-bond donors (Lipinski definition) is 2. The zero-order chi connectivity index (χ0) is 19.6. The van der Waals surface area contributed by atoms with Crippen molar-refractivity contribution in [3.8, 4) is 0 Å². The molecule has 2 heterocycles. The van der Waals surface area contributed by atoms with Crippen LogP contribution in [0.4, 0.5) is 5.69 Å². The smallest absolute Gasteiger partial charge is 0.371 e. The van der Waals surface area contributed by atoms with Gasteiger partial charge in [0, 0.05) is 24.3 Å². The molecule has 2 amide bonds. The van der Waals surface area contributed by atoms with Crippen molar-refractivity contribution >= 4 is 23.5 Å². The second-order valence-electron chi connectivity index (χ2n) is 6.93. The molecule has 7 nitrogen and oxygen atoms in total. The molecule has 2 N–H and O–H groups in total. The molecule has 1 aromatic carbocycles. The van der Waals surface area contributed by atoms with Crippen LogP contribution in [0.2, 0.25) is 0 Å². The fourth-order valence-electron chi connectivity index (χ4n) is 3.09. The van der Waals surface area contributed by atoms with E-state index in [4.69, 9.17) is 9.52 Å². The van der Waals surface area contributed by atoms with Crippen molar-refractivity contribution in [2.24, 2.45) is 5.92 Å². The van der Waals surface area contributed by atoms with E-state index in [0.29, 0.717) is 17.2 Å². The standard InChI is InChI=1S/C20H22N2O5/c1-12-7-9-22(10-8-12)19(24)14-3-4-15(13(2)11-14)21-18(23)16-5-6-17(27-16)20(25)26/h3-6,11-12H,7-10H2,1-2H3,(H,21,23)(H,25,26). The first-order chi connectivity index (χ1) is 12.8. The summed E-state index contributed by atoms with van der Waals surface area (Å²) < 4.78 is 5.00.